The number of halogens is 1. The Labute approximate surface area is 220 Å². The maximum Gasteiger partial charge on any atom is 0.255 e. The van der Waals surface area contributed by atoms with Gasteiger partial charge in [0.1, 0.15) is 17.3 Å². The third kappa shape index (κ3) is 6.95. The first kappa shape index (κ1) is 25.9. The lowest BCUT2D eigenvalue weighted by molar-refractivity contribution is 0.0952. The summed E-state index contributed by atoms with van der Waals surface area (Å²) in [6.45, 7) is 1.01. The second-order valence-electron chi connectivity index (χ2n) is 8.04. The molecule has 0 radical (unpaired) electrons. The number of methoxy groups -OCH3 is 2. The summed E-state index contributed by atoms with van der Waals surface area (Å²) in [6, 6.07) is 27.3. The van der Waals surface area contributed by atoms with E-state index in [2.05, 4.69) is 15.4 Å². The minimum atomic E-state index is -0.274. The molecular weight excluding hydrogens is 489 g/mol. The fraction of sp³-hybridized carbons (Fsp3) is 0.138. The quantitative estimate of drug-likeness (QED) is 0.156. The van der Waals surface area contributed by atoms with Crippen LogP contribution in [0.2, 0.25) is 0 Å². The van der Waals surface area contributed by atoms with Crippen molar-refractivity contribution in [3.8, 4) is 22.6 Å². The largest absolute Gasteiger partial charge is 0.496 e. The van der Waals surface area contributed by atoms with Crippen molar-refractivity contribution in [2.45, 2.75) is 4.90 Å². The van der Waals surface area contributed by atoms with Gasteiger partial charge in [0.15, 0.2) is 0 Å². The highest BCUT2D eigenvalue weighted by atomic mass is 32.2. The molecule has 0 bridgehead atoms. The summed E-state index contributed by atoms with van der Waals surface area (Å²) in [7, 11) is 3.17. The predicted molar refractivity (Wildman–Crippen MR) is 148 cm³/mol. The summed E-state index contributed by atoms with van der Waals surface area (Å²) in [5, 5.41) is 6.22. The second-order valence-corrected chi connectivity index (χ2v) is 8.89. The van der Waals surface area contributed by atoms with Crippen molar-refractivity contribution >= 4 is 29.2 Å². The molecule has 6 nitrogen and oxygen atoms in total. The van der Waals surface area contributed by atoms with Gasteiger partial charge in [-0.05, 0) is 77.7 Å². The number of rotatable bonds is 11. The molecular formula is C29H28FN3O3S. The lowest BCUT2D eigenvalue weighted by atomic mass is 10.1. The number of hydrogen-bond donors (Lipinski definition) is 3. The average Bonchev–Trinajstić information content (AvgIpc) is 2.94. The smallest absolute Gasteiger partial charge is 0.255 e. The first-order valence-electron chi connectivity index (χ1n) is 11.7. The van der Waals surface area contributed by atoms with Crippen LogP contribution in [0.15, 0.2) is 95.9 Å². The first-order valence-corrected chi connectivity index (χ1v) is 12.5. The molecule has 1 amide bonds. The number of anilines is 2. The molecule has 0 aliphatic carbocycles. The molecule has 0 heterocycles. The molecule has 0 aliphatic heterocycles. The molecule has 0 unspecified atom stereocenters. The predicted octanol–water partition coefficient (Wildman–Crippen LogP) is 6.47. The molecule has 0 spiro atoms. The molecule has 4 rings (SSSR count). The maximum absolute atomic E-state index is 13.7. The molecule has 37 heavy (non-hydrogen) atoms. The Bertz CT molecular complexity index is 1370. The average molecular weight is 518 g/mol. The molecule has 0 saturated carbocycles. The molecule has 3 N–H and O–H groups in total. The maximum atomic E-state index is 13.7. The van der Waals surface area contributed by atoms with Crippen LogP contribution in [0.25, 0.3) is 11.1 Å². The van der Waals surface area contributed by atoms with Crippen LogP contribution >= 0.6 is 11.9 Å². The van der Waals surface area contributed by atoms with Crippen LogP contribution in [0.3, 0.4) is 0 Å². The van der Waals surface area contributed by atoms with E-state index in [1.807, 2.05) is 54.6 Å². The number of carbonyl (C=O) groups is 1. The van der Waals surface area contributed by atoms with Crippen molar-refractivity contribution in [3.63, 3.8) is 0 Å². The van der Waals surface area contributed by atoms with Crippen molar-refractivity contribution in [3.05, 3.63) is 102 Å². The van der Waals surface area contributed by atoms with E-state index in [0.717, 1.165) is 33.1 Å². The highest BCUT2D eigenvalue weighted by Gasteiger charge is 2.11. The summed E-state index contributed by atoms with van der Waals surface area (Å²) in [5.74, 6) is 0.810. The zero-order chi connectivity index (χ0) is 26.0. The van der Waals surface area contributed by atoms with Crippen molar-refractivity contribution in [1.82, 2.24) is 5.32 Å². The Balaban J connectivity index is 1.33. The summed E-state index contributed by atoms with van der Waals surface area (Å²) in [4.78, 5) is 13.3. The Kier molecular flexibility index (Phi) is 8.89. The molecule has 8 heteroatoms. The van der Waals surface area contributed by atoms with Crippen LogP contribution in [-0.4, -0.2) is 33.2 Å². The van der Waals surface area contributed by atoms with Crippen molar-refractivity contribution in [1.29, 1.82) is 0 Å². The fourth-order valence-electron chi connectivity index (χ4n) is 3.72. The molecule has 0 fully saturated rings. The van der Waals surface area contributed by atoms with Crippen molar-refractivity contribution in [2.24, 2.45) is 0 Å². The van der Waals surface area contributed by atoms with Gasteiger partial charge in [0.25, 0.3) is 5.91 Å². The lowest BCUT2D eigenvalue weighted by Crippen LogP contribution is -2.29. The van der Waals surface area contributed by atoms with E-state index in [0.29, 0.717) is 24.4 Å². The molecule has 190 valence electrons. The third-order valence-corrected chi connectivity index (χ3v) is 6.43. The molecule has 0 aromatic heterocycles. The number of para-hydroxylation sites is 1. The first-order chi connectivity index (χ1) is 18.1. The number of carbonyl (C=O) groups excluding carboxylic acids is 1. The molecule has 4 aromatic rings. The summed E-state index contributed by atoms with van der Waals surface area (Å²) >= 11 is 1.41. The zero-order valence-corrected chi connectivity index (χ0v) is 21.4. The molecule has 4 aromatic carbocycles. The van der Waals surface area contributed by atoms with Gasteiger partial charge in [0.2, 0.25) is 0 Å². The van der Waals surface area contributed by atoms with Crippen LogP contribution in [-0.2, 0) is 0 Å². The standard InChI is InChI=1S/C29H28FN3O3S/c1-35-26-12-4-3-11-25(26)29(34)32-16-15-31-23-9-6-10-24(19-23)33-37-28-18-21(13-14-27(28)36-2)20-7-5-8-22(30)17-20/h3-14,17-19,31,33H,15-16H2,1-2H3,(H,32,34). The van der Waals surface area contributed by atoms with E-state index < -0.39 is 0 Å². The van der Waals surface area contributed by atoms with E-state index in [1.54, 1.807) is 38.5 Å². The zero-order valence-electron chi connectivity index (χ0n) is 20.6. The van der Waals surface area contributed by atoms with Crippen LogP contribution in [0, 0.1) is 5.82 Å². The number of nitrogens with one attached hydrogen (secondary N) is 3. The highest BCUT2D eigenvalue weighted by molar-refractivity contribution is 8.00. The number of amides is 1. The van der Waals surface area contributed by atoms with Gasteiger partial charge in [0.05, 0.1) is 24.7 Å². The topological polar surface area (TPSA) is 71.6 Å². The second kappa shape index (κ2) is 12.7. The monoisotopic (exact) mass is 517 g/mol. The Hall–Kier alpha value is -4.17. The minimum Gasteiger partial charge on any atom is -0.496 e. The van der Waals surface area contributed by atoms with Crippen molar-refractivity contribution < 1.29 is 18.7 Å². The molecule has 0 saturated heterocycles. The van der Waals surface area contributed by atoms with Crippen LogP contribution in [0.4, 0.5) is 15.8 Å². The van der Waals surface area contributed by atoms with Gasteiger partial charge in [-0.25, -0.2) is 4.39 Å². The van der Waals surface area contributed by atoms with Gasteiger partial charge in [-0.15, -0.1) is 0 Å². The highest BCUT2D eigenvalue weighted by Crippen LogP contribution is 2.34. The van der Waals surface area contributed by atoms with Gasteiger partial charge in [0, 0.05) is 24.5 Å². The number of ether oxygens (including phenoxy) is 2. The Morgan fingerprint density at radius 2 is 1.54 bits per heavy atom. The van der Waals surface area contributed by atoms with Crippen molar-refractivity contribution in [2.75, 3.05) is 37.3 Å². The van der Waals surface area contributed by atoms with Crippen LogP contribution in [0.1, 0.15) is 10.4 Å². The Morgan fingerprint density at radius 1 is 0.784 bits per heavy atom. The summed E-state index contributed by atoms with van der Waals surface area (Å²) in [6.07, 6.45) is 0. The summed E-state index contributed by atoms with van der Waals surface area (Å²) < 4.78 is 27.8. The number of benzene rings is 4. The fourth-order valence-corrected chi connectivity index (χ4v) is 4.51. The summed E-state index contributed by atoms with van der Waals surface area (Å²) in [5.41, 5.74) is 4.01. The van der Waals surface area contributed by atoms with E-state index in [-0.39, 0.29) is 11.7 Å². The Morgan fingerprint density at radius 3 is 2.35 bits per heavy atom. The van der Waals surface area contributed by atoms with Crippen LogP contribution in [0.5, 0.6) is 11.5 Å². The van der Waals surface area contributed by atoms with Gasteiger partial charge in [-0.3, -0.25) is 4.79 Å². The van der Waals surface area contributed by atoms with Gasteiger partial charge < -0.3 is 24.8 Å². The molecule has 0 atom stereocenters. The number of hydrogen-bond acceptors (Lipinski definition) is 6. The SMILES string of the molecule is COc1ccc(-c2cccc(F)c2)cc1SNc1cccc(NCCNC(=O)c2ccccc2OC)c1. The van der Waals surface area contributed by atoms with E-state index in [9.17, 15) is 9.18 Å². The van der Waals surface area contributed by atoms with E-state index in [4.69, 9.17) is 9.47 Å². The van der Waals surface area contributed by atoms with Gasteiger partial charge >= 0.3 is 0 Å². The van der Waals surface area contributed by atoms with E-state index in [1.165, 1.54) is 24.1 Å². The minimum absolute atomic E-state index is 0.180. The normalized spacial score (nSPS) is 10.5. The molecule has 0 aliphatic rings. The van der Waals surface area contributed by atoms with Gasteiger partial charge in [-0.2, -0.15) is 0 Å². The lowest BCUT2D eigenvalue weighted by Gasteiger charge is -2.13. The van der Waals surface area contributed by atoms with Gasteiger partial charge in [-0.1, -0.05) is 36.4 Å². The van der Waals surface area contributed by atoms with E-state index >= 15 is 0 Å². The third-order valence-electron chi connectivity index (χ3n) is 5.55. The van der Waals surface area contributed by atoms with Crippen LogP contribution < -0.4 is 24.8 Å².